The van der Waals surface area contributed by atoms with Crippen molar-refractivity contribution < 1.29 is 13.9 Å². The molecule has 1 aromatic rings. The summed E-state index contributed by atoms with van der Waals surface area (Å²) >= 11 is 0. The van der Waals surface area contributed by atoms with Crippen molar-refractivity contribution in [3.8, 4) is 0 Å². The summed E-state index contributed by atoms with van der Waals surface area (Å²) in [4.78, 5) is 2.00. The van der Waals surface area contributed by atoms with Crippen molar-refractivity contribution in [3.63, 3.8) is 0 Å². The third-order valence-corrected chi connectivity index (χ3v) is 3.64. The summed E-state index contributed by atoms with van der Waals surface area (Å²) in [5.74, 6) is -1.09. The SMILES string of the molecule is CC(C)(CO)CN1Cc2c(F)cc(F)cc2C1CN. The van der Waals surface area contributed by atoms with Crippen molar-refractivity contribution in [2.24, 2.45) is 11.1 Å². The van der Waals surface area contributed by atoms with E-state index < -0.39 is 11.6 Å². The molecule has 0 spiro atoms. The number of nitrogens with two attached hydrogens (primary N) is 1. The first kappa shape index (κ1) is 14.4. The first-order valence-electron chi connectivity index (χ1n) is 6.41. The van der Waals surface area contributed by atoms with Gasteiger partial charge in [0.15, 0.2) is 0 Å². The first-order chi connectivity index (χ1) is 8.88. The molecule has 0 radical (unpaired) electrons. The molecule has 0 saturated carbocycles. The van der Waals surface area contributed by atoms with Crippen molar-refractivity contribution in [1.29, 1.82) is 0 Å². The van der Waals surface area contributed by atoms with Crippen LogP contribution in [-0.4, -0.2) is 29.7 Å². The van der Waals surface area contributed by atoms with E-state index in [1.165, 1.54) is 6.07 Å². The third-order valence-electron chi connectivity index (χ3n) is 3.64. The molecule has 106 valence electrons. The lowest BCUT2D eigenvalue weighted by molar-refractivity contribution is 0.0843. The summed E-state index contributed by atoms with van der Waals surface area (Å²) in [6, 6.07) is 2.08. The van der Waals surface area contributed by atoms with E-state index in [0.717, 1.165) is 6.07 Å². The molecule has 1 atom stereocenters. The topological polar surface area (TPSA) is 49.5 Å². The van der Waals surface area contributed by atoms with E-state index in [1.54, 1.807) is 0 Å². The summed E-state index contributed by atoms with van der Waals surface area (Å²) in [5.41, 5.74) is 6.60. The Morgan fingerprint density at radius 2 is 2.11 bits per heavy atom. The standard InChI is InChI=1S/C14H20F2N2O/c1-14(2,8-19)7-18-6-11-10(13(18)5-17)3-9(15)4-12(11)16/h3-4,13,19H,5-8,17H2,1-2H3. The second-order valence-corrected chi connectivity index (χ2v) is 5.93. The molecular formula is C14H20F2N2O. The number of hydrogen-bond acceptors (Lipinski definition) is 3. The minimum absolute atomic E-state index is 0.0357. The fourth-order valence-corrected chi connectivity index (χ4v) is 2.64. The molecule has 0 bridgehead atoms. The number of rotatable bonds is 4. The monoisotopic (exact) mass is 270 g/mol. The molecule has 19 heavy (non-hydrogen) atoms. The van der Waals surface area contributed by atoms with E-state index in [0.29, 0.717) is 30.8 Å². The van der Waals surface area contributed by atoms with Crippen LogP contribution in [0.1, 0.15) is 31.0 Å². The number of hydrogen-bond donors (Lipinski definition) is 2. The van der Waals surface area contributed by atoms with Crippen LogP contribution in [0.2, 0.25) is 0 Å². The smallest absolute Gasteiger partial charge is 0.130 e. The highest BCUT2D eigenvalue weighted by Crippen LogP contribution is 2.37. The van der Waals surface area contributed by atoms with Gasteiger partial charge >= 0.3 is 0 Å². The third kappa shape index (κ3) is 2.78. The maximum atomic E-state index is 13.8. The number of aliphatic hydroxyl groups excluding tert-OH is 1. The average Bonchev–Trinajstić information content (AvgIpc) is 2.66. The lowest BCUT2D eigenvalue weighted by Gasteiger charge is -2.32. The molecule has 1 aliphatic rings. The predicted octanol–water partition coefficient (Wildman–Crippen LogP) is 1.80. The van der Waals surface area contributed by atoms with Gasteiger partial charge in [0.2, 0.25) is 0 Å². The normalized spacial score (nSPS) is 19.8. The van der Waals surface area contributed by atoms with E-state index in [2.05, 4.69) is 0 Å². The van der Waals surface area contributed by atoms with Crippen LogP contribution in [0.5, 0.6) is 0 Å². The van der Waals surface area contributed by atoms with Crippen LogP contribution in [0, 0.1) is 17.0 Å². The molecule has 0 fully saturated rings. The van der Waals surface area contributed by atoms with Crippen LogP contribution in [0.25, 0.3) is 0 Å². The minimum Gasteiger partial charge on any atom is -0.396 e. The van der Waals surface area contributed by atoms with Crippen LogP contribution in [0.4, 0.5) is 8.78 Å². The predicted molar refractivity (Wildman–Crippen MR) is 69.4 cm³/mol. The highest BCUT2D eigenvalue weighted by atomic mass is 19.1. The van der Waals surface area contributed by atoms with Gasteiger partial charge < -0.3 is 10.8 Å². The van der Waals surface area contributed by atoms with E-state index in [4.69, 9.17) is 5.73 Å². The molecule has 0 aliphatic carbocycles. The van der Waals surface area contributed by atoms with Crippen LogP contribution >= 0.6 is 0 Å². The zero-order valence-electron chi connectivity index (χ0n) is 11.3. The Hall–Kier alpha value is -1.04. The number of benzene rings is 1. The summed E-state index contributed by atoms with van der Waals surface area (Å²) in [6.07, 6.45) is 0. The summed E-state index contributed by atoms with van der Waals surface area (Å²) < 4.78 is 27.1. The fraction of sp³-hybridized carbons (Fsp3) is 0.571. The van der Waals surface area contributed by atoms with Gasteiger partial charge in [0.1, 0.15) is 11.6 Å². The lowest BCUT2D eigenvalue weighted by atomic mass is 9.93. The fourth-order valence-electron chi connectivity index (χ4n) is 2.64. The van der Waals surface area contributed by atoms with Gasteiger partial charge in [-0.3, -0.25) is 4.90 Å². The first-order valence-corrected chi connectivity index (χ1v) is 6.41. The van der Waals surface area contributed by atoms with Gasteiger partial charge in [-0.05, 0) is 11.6 Å². The Morgan fingerprint density at radius 3 is 2.68 bits per heavy atom. The number of fused-ring (bicyclic) bond motifs is 1. The average molecular weight is 270 g/mol. The molecule has 1 aromatic carbocycles. The van der Waals surface area contributed by atoms with Gasteiger partial charge in [0, 0.05) is 49.3 Å². The largest absolute Gasteiger partial charge is 0.396 e. The van der Waals surface area contributed by atoms with E-state index in [1.807, 2.05) is 18.7 Å². The van der Waals surface area contributed by atoms with Crippen molar-refractivity contribution in [1.82, 2.24) is 4.90 Å². The highest BCUT2D eigenvalue weighted by Gasteiger charge is 2.34. The summed E-state index contributed by atoms with van der Waals surface area (Å²) in [5, 5.41) is 9.34. The molecular weight excluding hydrogens is 250 g/mol. The zero-order valence-corrected chi connectivity index (χ0v) is 11.3. The Bertz CT molecular complexity index is 477. The van der Waals surface area contributed by atoms with Crippen molar-refractivity contribution in [3.05, 3.63) is 34.9 Å². The van der Waals surface area contributed by atoms with Gasteiger partial charge in [-0.1, -0.05) is 13.8 Å². The van der Waals surface area contributed by atoms with Gasteiger partial charge in [-0.25, -0.2) is 8.78 Å². The second-order valence-electron chi connectivity index (χ2n) is 5.93. The molecule has 1 heterocycles. The lowest BCUT2D eigenvalue weighted by Crippen LogP contribution is -2.37. The van der Waals surface area contributed by atoms with Gasteiger partial charge in [-0.15, -0.1) is 0 Å². The van der Waals surface area contributed by atoms with Gasteiger partial charge in [0.25, 0.3) is 0 Å². The van der Waals surface area contributed by atoms with Crippen LogP contribution in [-0.2, 0) is 6.54 Å². The van der Waals surface area contributed by atoms with Gasteiger partial charge in [-0.2, -0.15) is 0 Å². The Kier molecular flexibility index (Phi) is 3.90. The number of aliphatic hydroxyl groups is 1. The highest BCUT2D eigenvalue weighted by molar-refractivity contribution is 5.36. The quantitative estimate of drug-likeness (QED) is 0.877. The zero-order chi connectivity index (χ0) is 14.2. The maximum absolute atomic E-state index is 13.8. The molecule has 0 saturated heterocycles. The second kappa shape index (κ2) is 5.15. The molecule has 3 N–H and O–H groups in total. The summed E-state index contributed by atoms with van der Waals surface area (Å²) in [6.45, 7) is 5.19. The maximum Gasteiger partial charge on any atom is 0.130 e. The van der Waals surface area contributed by atoms with Crippen molar-refractivity contribution in [2.45, 2.75) is 26.4 Å². The van der Waals surface area contributed by atoms with E-state index >= 15 is 0 Å². The minimum atomic E-state index is -0.571. The van der Waals surface area contributed by atoms with Crippen LogP contribution in [0.15, 0.2) is 12.1 Å². The van der Waals surface area contributed by atoms with Gasteiger partial charge in [0.05, 0.1) is 0 Å². The van der Waals surface area contributed by atoms with Crippen LogP contribution < -0.4 is 5.73 Å². The van der Waals surface area contributed by atoms with Crippen LogP contribution in [0.3, 0.4) is 0 Å². The Morgan fingerprint density at radius 1 is 1.42 bits per heavy atom. The molecule has 2 rings (SSSR count). The van der Waals surface area contributed by atoms with Crippen molar-refractivity contribution >= 4 is 0 Å². The number of halogens is 2. The Labute approximate surface area is 112 Å². The molecule has 5 heteroatoms. The van der Waals surface area contributed by atoms with E-state index in [9.17, 15) is 13.9 Å². The molecule has 0 amide bonds. The summed E-state index contributed by atoms with van der Waals surface area (Å²) in [7, 11) is 0. The van der Waals surface area contributed by atoms with E-state index in [-0.39, 0.29) is 18.1 Å². The molecule has 0 aromatic heterocycles. The molecule has 3 nitrogen and oxygen atoms in total. The Balaban J connectivity index is 2.30. The number of nitrogens with zero attached hydrogens (tertiary/aromatic N) is 1. The molecule has 1 aliphatic heterocycles. The van der Waals surface area contributed by atoms with Crippen molar-refractivity contribution in [2.75, 3.05) is 19.7 Å². The molecule has 1 unspecified atom stereocenters.